The zero-order chi connectivity index (χ0) is 18.8. The molecule has 0 fully saturated rings. The molecule has 3 nitrogen and oxygen atoms in total. The lowest BCUT2D eigenvalue weighted by Gasteiger charge is -2.19. The summed E-state index contributed by atoms with van der Waals surface area (Å²) in [4.78, 5) is 0. The Bertz CT molecular complexity index is 1120. The number of benzene rings is 3. The number of para-hydroxylation sites is 2. The maximum Gasteiger partial charge on any atom is 0.0622 e. The summed E-state index contributed by atoms with van der Waals surface area (Å²) < 4.78 is 2.37. The minimum absolute atomic E-state index is 0.832. The van der Waals surface area contributed by atoms with E-state index in [1.165, 1.54) is 27.4 Å². The lowest BCUT2D eigenvalue weighted by atomic mass is 10.1. The Balaban J connectivity index is 1.75. The van der Waals surface area contributed by atoms with Crippen molar-refractivity contribution in [3.8, 4) is 0 Å². The van der Waals surface area contributed by atoms with Crippen LogP contribution in [0.4, 0.5) is 5.69 Å². The molecule has 0 amide bonds. The highest BCUT2D eigenvalue weighted by molar-refractivity contribution is 6.09. The van der Waals surface area contributed by atoms with E-state index in [1.807, 2.05) is 6.21 Å². The van der Waals surface area contributed by atoms with Crippen molar-refractivity contribution in [2.24, 2.45) is 5.10 Å². The summed E-state index contributed by atoms with van der Waals surface area (Å²) in [5.74, 6) is 0. The monoisotopic (exact) mass is 355 g/mol. The van der Waals surface area contributed by atoms with Gasteiger partial charge in [-0.15, -0.1) is 0 Å². The molecular formula is C24H25N3. The number of fused-ring (bicyclic) bond motifs is 3. The summed E-state index contributed by atoms with van der Waals surface area (Å²) in [7, 11) is 0. The molecule has 0 bridgehead atoms. The second kappa shape index (κ2) is 7.28. The molecule has 0 saturated carbocycles. The van der Waals surface area contributed by atoms with Gasteiger partial charge in [0.1, 0.15) is 0 Å². The Morgan fingerprint density at radius 2 is 1.63 bits per heavy atom. The van der Waals surface area contributed by atoms with E-state index in [-0.39, 0.29) is 0 Å². The van der Waals surface area contributed by atoms with Crippen molar-refractivity contribution in [1.29, 1.82) is 0 Å². The first-order valence-corrected chi connectivity index (χ1v) is 9.61. The largest absolute Gasteiger partial charge is 0.341 e. The van der Waals surface area contributed by atoms with E-state index in [1.54, 1.807) is 0 Å². The first-order chi connectivity index (χ1) is 13.2. The van der Waals surface area contributed by atoms with Crippen LogP contribution in [0.2, 0.25) is 0 Å². The van der Waals surface area contributed by atoms with Gasteiger partial charge in [0.05, 0.1) is 11.9 Å². The van der Waals surface area contributed by atoms with Gasteiger partial charge in [-0.1, -0.05) is 42.5 Å². The zero-order valence-electron chi connectivity index (χ0n) is 16.2. The average Bonchev–Trinajstić information content (AvgIpc) is 3.03. The van der Waals surface area contributed by atoms with Crippen LogP contribution < -0.4 is 5.01 Å². The van der Waals surface area contributed by atoms with Crippen molar-refractivity contribution >= 4 is 33.7 Å². The van der Waals surface area contributed by atoms with Crippen molar-refractivity contribution in [2.75, 3.05) is 11.6 Å². The molecule has 27 heavy (non-hydrogen) atoms. The molecule has 0 aliphatic carbocycles. The van der Waals surface area contributed by atoms with Crippen LogP contribution in [0.15, 0.2) is 71.8 Å². The molecule has 0 atom stereocenters. The Labute approximate surface area is 160 Å². The quantitative estimate of drug-likeness (QED) is 0.318. The van der Waals surface area contributed by atoms with E-state index in [4.69, 9.17) is 5.10 Å². The summed E-state index contributed by atoms with van der Waals surface area (Å²) in [5.41, 5.74) is 6.08. The van der Waals surface area contributed by atoms with E-state index >= 15 is 0 Å². The van der Waals surface area contributed by atoms with Crippen LogP contribution in [0.25, 0.3) is 21.8 Å². The van der Waals surface area contributed by atoms with Crippen LogP contribution in [-0.4, -0.2) is 17.3 Å². The second-order valence-corrected chi connectivity index (χ2v) is 6.78. The van der Waals surface area contributed by atoms with Crippen molar-refractivity contribution in [3.05, 3.63) is 77.9 Å². The number of hydrogen-bond donors (Lipinski definition) is 0. The zero-order valence-corrected chi connectivity index (χ0v) is 16.2. The number of hydrazone groups is 1. The fourth-order valence-corrected chi connectivity index (χ4v) is 3.80. The number of rotatable bonds is 5. The molecule has 0 unspecified atom stereocenters. The predicted octanol–water partition coefficient (Wildman–Crippen LogP) is 5.98. The van der Waals surface area contributed by atoms with Gasteiger partial charge in [-0.3, -0.25) is 5.01 Å². The van der Waals surface area contributed by atoms with E-state index in [2.05, 4.69) is 97.1 Å². The molecule has 0 aliphatic heterocycles. The van der Waals surface area contributed by atoms with Gasteiger partial charge in [0.15, 0.2) is 0 Å². The van der Waals surface area contributed by atoms with Gasteiger partial charge < -0.3 is 4.57 Å². The summed E-state index contributed by atoms with van der Waals surface area (Å²) in [5, 5.41) is 9.40. The molecule has 3 aromatic carbocycles. The van der Waals surface area contributed by atoms with Crippen LogP contribution in [0.5, 0.6) is 0 Å². The topological polar surface area (TPSA) is 20.5 Å². The van der Waals surface area contributed by atoms with Crippen molar-refractivity contribution < 1.29 is 0 Å². The highest BCUT2D eigenvalue weighted by Gasteiger charge is 2.09. The SMILES string of the molecule is CCN(/N=C\c1ccc2c(c1)c1ccccc1n2CC)c1ccccc1C. The molecule has 0 aliphatic rings. The molecule has 0 spiro atoms. The third kappa shape index (κ3) is 3.10. The minimum atomic E-state index is 0.832. The summed E-state index contributed by atoms with van der Waals surface area (Å²) in [6.07, 6.45) is 1.97. The number of anilines is 1. The third-order valence-electron chi connectivity index (χ3n) is 5.15. The van der Waals surface area contributed by atoms with Gasteiger partial charge >= 0.3 is 0 Å². The van der Waals surface area contributed by atoms with Crippen LogP contribution in [0.1, 0.15) is 25.0 Å². The summed E-state index contributed by atoms with van der Waals surface area (Å²) in [6.45, 7) is 8.25. The molecule has 4 aromatic rings. The number of nitrogens with zero attached hydrogens (tertiary/aromatic N) is 3. The van der Waals surface area contributed by atoms with E-state index < -0.39 is 0 Å². The van der Waals surface area contributed by atoms with Gasteiger partial charge in [-0.2, -0.15) is 5.10 Å². The molecule has 0 N–H and O–H groups in total. The third-order valence-corrected chi connectivity index (χ3v) is 5.15. The van der Waals surface area contributed by atoms with Crippen molar-refractivity contribution in [1.82, 2.24) is 4.57 Å². The lowest BCUT2D eigenvalue weighted by molar-refractivity contribution is 0.827. The molecular weight excluding hydrogens is 330 g/mol. The first kappa shape index (κ1) is 17.3. The van der Waals surface area contributed by atoms with Crippen molar-refractivity contribution in [2.45, 2.75) is 27.3 Å². The smallest absolute Gasteiger partial charge is 0.0622 e. The van der Waals surface area contributed by atoms with Gasteiger partial charge in [0.25, 0.3) is 0 Å². The maximum atomic E-state index is 4.76. The second-order valence-electron chi connectivity index (χ2n) is 6.78. The molecule has 0 radical (unpaired) electrons. The molecule has 4 rings (SSSR count). The van der Waals surface area contributed by atoms with Crippen LogP contribution in [0.3, 0.4) is 0 Å². The van der Waals surface area contributed by atoms with Gasteiger partial charge in [-0.25, -0.2) is 0 Å². The molecule has 1 heterocycles. The van der Waals surface area contributed by atoms with Crippen molar-refractivity contribution in [3.63, 3.8) is 0 Å². The van der Waals surface area contributed by atoms with Crippen LogP contribution >= 0.6 is 0 Å². The lowest BCUT2D eigenvalue weighted by Crippen LogP contribution is -2.16. The maximum absolute atomic E-state index is 4.76. The van der Waals surface area contributed by atoms with Crippen LogP contribution in [-0.2, 0) is 6.54 Å². The highest BCUT2D eigenvalue weighted by Crippen LogP contribution is 2.29. The number of aromatic nitrogens is 1. The first-order valence-electron chi connectivity index (χ1n) is 9.61. The Morgan fingerprint density at radius 3 is 2.41 bits per heavy atom. The van der Waals surface area contributed by atoms with Gasteiger partial charge in [0, 0.05) is 34.9 Å². The fraction of sp³-hybridized carbons (Fsp3) is 0.208. The standard InChI is InChI=1S/C24H25N3/c1-4-26-23-13-9-7-11-20(23)21-16-19(14-15-24(21)26)17-25-27(5-2)22-12-8-6-10-18(22)3/h6-17H,4-5H2,1-3H3/b25-17-. The number of aryl methyl sites for hydroxylation is 2. The average molecular weight is 355 g/mol. The van der Waals surface area contributed by atoms with Gasteiger partial charge in [-0.05, 0) is 56.2 Å². The van der Waals surface area contributed by atoms with E-state index in [0.717, 1.165) is 24.3 Å². The Kier molecular flexibility index (Phi) is 4.68. The summed E-state index contributed by atoms with van der Waals surface area (Å²) >= 11 is 0. The normalized spacial score (nSPS) is 11.7. The highest BCUT2D eigenvalue weighted by atomic mass is 15.4. The number of hydrogen-bond acceptors (Lipinski definition) is 2. The predicted molar refractivity (Wildman–Crippen MR) is 117 cm³/mol. The molecule has 1 aromatic heterocycles. The van der Waals surface area contributed by atoms with Gasteiger partial charge in [0.2, 0.25) is 0 Å². The molecule has 136 valence electrons. The Hall–Kier alpha value is -3.07. The van der Waals surface area contributed by atoms with Crippen LogP contribution in [0, 0.1) is 6.92 Å². The van der Waals surface area contributed by atoms with E-state index in [0.29, 0.717) is 0 Å². The fourth-order valence-electron chi connectivity index (χ4n) is 3.80. The molecule has 3 heteroatoms. The Morgan fingerprint density at radius 1 is 0.889 bits per heavy atom. The summed E-state index contributed by atoms with van der Waals surface area (Å²) in [6, 6.07) is 23.6. The minimum Gasteiger partial charge on any atom is -0.341 e. The van der Waals surface area contributed by atoms with E-state index in [9.17, 15) is 0 Å². The molecule has 0 saturated heterocycles.